The normalized spacial score (nSPS) is 17.8. The van der Waals surface area contributed by atoms with Crippen molar-refractivity contribution in [2.45, 2.75) is 6.92 Å². The van der Waals surface area contributed by atoms with Crippen molar-refractivity contribution in [3.05, 3.63) is 53.6 Å². The standard InChI is InChI=1S/C17H15N3O2S/c1-11-3-2-4-13(7-11)18-17-20-19-14(9-23-17)12-5-6-15-16(8-12)22-10-21-15/h2-8H,9-10H2,1H3,(H,18,20). The number of ether oxygens (including phenoxy) is 2. The third kappa shape index (κ3) is 3.03. The van der Waals surface area contributed by atoms with E-state index in [0.717, 1.165) is 39.4 Å². The molecule has 0 radical (unpaired) electrons. The molecule has 116 valence electrons. The summed E-state index contributed by atoms with van der Waals surface area (Å²) in [6.07, 6.45) is 0. The number of aliphatic imine (C=N–C) groups is 1. The molecule has 0 aromatic heterocycles. The molecule has 2 aliphatic rings. The van der Waals surface area contributed by atoms with E-state index in [1.807, 2.05) is 36.4 Å². The first-order chi connectivity index (χ1) is 11.3. The van der Waals surface area contributed by atoms with E-state index in [0.29, 0.717) is 0 Å². The number of nitrogens with one attached hydrogen (secondary N) is 1. The molecular weight excluding hydrogens is 310 g/mol. The Labute approximate surface area is 138 Å². The van der Waals surface area contributed by atoms with Gasteiger partial charge in [-0.25, -0.2) is 4.99 Å². The number of benzene rings is 2. The molecule has 6 heteroatoms. The van der Waals surface area contributed by atoms with Crippen LogP contribution in [0.4, 0.5) is 5.69 Å². The first kappa shape index (κ1) is 14.1. The molecule has 0 atom stereocenters. The van der Waals surface area contributed by atoms with Gasteiger partial charge in [-0.05, 0) is 42.8 Å². The lowest BCUT2D eigenvalue weighted by molar-refractivity contribution is 0.174. The first-order valence-corrected chi connectivity index (χ1v) is 8.27. The molecule has 23 heavy (non-hydrogen) atoms. The molecule has 0 bridgehead atoms. The van der Waals surface area contributed by atoms with Crippen molar-refractivity contribution in [2.24, 2.45) is 10.1 Å². The lowest BCUT2D eigenvalue weighted by Crippen LogP contribution is -2.25. The van der Waals surface area contributed by atoms with Gasteiger partial charge in [-0.2, -0.15) is 5.10 Å². The molecule has 0 saturated heterocycles. The minimum atomic E-state index is 0.283. The van der Waals surface area contributed by atoms with Gasteiger partial charge in [0.25, 0.3) is 0 Å². The van der Waals surface area contributed by atoms with Gasteiger partial charge in [-0.1, -0.05) is 23.9 Å². The molecule has 1 N–H and O–H groups in total. The van der Waals surface area contributed by atoms with Crippen LogP contribution in [-0.4, -0.2) is 23.4 Å². The number of hydrogen-bond donors (Lipinski definition) is 1. The average molecular weight is 325 g/mol. The van der Waals surface area contributed by atoms with Crippen molar-refractivity contribution >= 4 is 28.3 Å². The second kappa shape index (κ2) is 5.96. The zero-order valence-corrected chi connectivity index (χ0v) is 13.4. The summed E-state index contributed by atoms with van der Waals surface area (Å²) >= 11 is 1.64. The van der Waals surface area contributed by atoms with Crippen molar-refractivity contribution in [3.63, 3.8) is 0 Å². The number of aryl methyl sites for hydroxylation is 1. The molecule has 2 heterocycles. The Hall–Kier alpha value is -2.47. The molecule has 5 nitrogen and oxygen atoms in total. The number of amidine groups is 1. The van der Waals surface area contributed by atoms with Crippen molar-refractivity contribution in [1.29, 1.82) is 0 Å². The molecule has 0 saturated carbocycles. The van der Waals surface area contributed by atoms with E-state index in [2.05, 4.69) is 28.5 Å². The van der Waals surface area contributed by atoms with Gasteiger partial charge >= 0.3 is 0 Å². The highest BCUT2D eigenvalue weighted by molar-refractivity contribution is 8.14. The summed E-state index contributed by atoms with van der Waals surface area (Å²) in [5.74, 6) is 2.32. The number of rotatable bonds is 2. The minimum absolute atomic E-state index is 0.283. The van der Waals surface area contributed by atoms with Gasteiger partial charge in [0.1, 0.15) is 0 Å². The van der Waals surface area contributed by atoms with E-state index in [4.69, 9.17) is 9.47 Å². The Morgan fingerprint density at radius 3 is 2.87 bits per heavy atom. The molecule has 0 aliphatic carbocycles. The lowest BCUT2D eigenvalue weighted by Gasteiger charge is -2.15. The number of thioether (sulfide) groups is 1. The zero-order valence-electron chi connectivity index (χ0n) is 12.6. The first-order valence-electron chi connectivity index (χ1n) is 7.29. The fourth-order valence-corrected chi connectivity index (χ4v) is 3.20. The SMILES string of the molecule is Cc1cccc(N=C2NN=C(c3ccc4c(c3)OCO4)CS2)c1. The average Bonchev–Trinajstić information content (AvgIpc) is 3.03. The molecular formula is C17H15N3O2S. The maximum absolute atomic E-state index is 5.41. The monoisotopic (exact) mass is 325 g/mol. The molecule has 0 unspecified atom stereocenters. The van der Waals surface area contributed by atoms with E-state index in [1.54, 1.807) is 11.8 Å². The van der Waals surface area contributed by atoms with Crippen LogP contribution in [0.25, 0.3) is 0 Å². The summed E-state index contributed by atoms with van der Waals surface area (Å²) in [5, 5.41) is 5.25. The summed E-state index contributed by atoms with van der Waals surface area (Å²) in [7, 11) is 0. The third-order valence-corrected chi connectivity index (χ3v) is 4.44. The van der Waals surface area contributed by atoms with E-state index in [1.165, 1.54) is 5.56 Å². The van der Waals surface area contributed by atoms with Crippen LogP contribution in [0, 0.1) is 6.92 Å². The minimum Gasteiger partial charge on any atom is -0.454 e. The van der Waals surface area contributed by atoms with Crippen LogP contribution in [0.2, 0.25) is 0 Å². The van der Waals surface area contributed by atoms with Crippen LogP contribution in [0.3, 0.4) is 0 Å². The molecule has 0 fully saturated rings. The van der Waals surface area contributed by atoms with Gasteiger partial charge in [0, 0.05) is 11.3 Å². The van der Waals surface area contributed by atoms with Gasteiger partial charge in [0.2, 0.25) is 6.79 Å². The lowest BCUT2D eigenvalue weighted by atomic mass is 10.1. The second-order valence-electron chi connectivity index (χ2n) is 5.28. The Morgan fingerprint density at radius 2 is 2.04 bits per heavy atom. The topological polar surface area (TPSA) is 55.2 Å². The maximum atomic E-state index is 5.41. The Balaban J connectivity index is 1.53. The van der Waals surface area contributed by atoms with Crippen molar-refractivity contribution in [1.82, 2.24) is 5.43 Å². The quantitative estimate of drug-likeness (QED) is 0.919. The van der Waals surface area contributed by atoms with Gasteiger partial charge in [-0.3, -0.25) is 5.43 Å². The highest BCUT2D eigenvalue weighted by Crippen LogP contribution is 2.33. The molecule has 0 amide bonds. The van der Waals surface area contributed by atoms with Gasteiger partial charge in [0.15, 0.2) is 16.7 Å². The smallest absolute Gasteiger partial charge is 0.231 e. The summed E-state index contributed by atoms with van der Waals surface area (Å²) < 4.78 is 10.7. The molecule has 0 spiro atoms. The Kier molecular flexibility index (Phi) is 3.67. The summed E-state index contributed by atoms with van der Waals surface area (Å²) in [6, 6.07) is 14.0. The number of nitrogens with zero attached hydrogens (tertiary/aromatic N) is 2. The van der Waals surface area contributed by atoms with Crippen LogP contribution in [0.5, 0.6) is 11.5 Å². The number of hydrogen-bond acceptors (Lipinski definition) is 5. The largest absolute Gasteiger partial charge is 0.454 e. The number of fused-ring (bicyclic) bond motifs is 1. The van der Waals surface area contributed by atoms with E-state index in [9.17, 15) is 0 Å². The molecule has 2 aromatic carbocycles. The summed E-state index contributed by atoms with van der Waals surface area (Å²) in [5.41, 5.74) is 7.16. The molecule has 4 rings (SSSR count). The van der Waals surface area contributed by atoms with Crippen LogP contribution >= 0.6 is 11.8 Å². The van der Waals surface area contributed by atoms with Crippen molar-refractivity contribution < 1.29 is 9.47 Å². The van der Waals surface area contributed by atoms with Crippen molar-refractivity contribution in [2.75, 3.05) is 12.5 Å². The fraction of sp³-hybridized carbons (Fsp3) is 0.176. The Morgan fingerprint density at radius 1 is 1.13 bits per heavy atom. The van der Waals surface area contributed by atoms with Crippen LogP contribution in [-0.2, 0) is 0 Å². The van der Waals surface area contributed by atoms with E-state index < -0.39 is 0 Å². The highest BCUT2D eigenvalue weighted by Gasteiger charge is 2.18. The predicted octanol–water partition coefficient (Wildman–Crippen LogP) is 3.45. The summed E-state index contributed by atoms with van der Waals surface area (Å²) in [4.78, 5) is 4.58. The third-order valence-electron chi connectivity index (χ3n) is 3.57. The highest BCUT2D eigenvalue weighted by atomic mass is 32.2. The van der Waals surface area contributed by atoms with Gasteiger partial charge in [-0.15, -0.1) is 0 Å². The van der Waals surface area contributed by atoms with Crippen LogP contribution in [0.1, 0.15) is 11.1 Å². The van der Waals surface area contributed by atoms with Gasteiger partial charge in [0.05, 0.1) is 11.4 Å². The molecule has 2 aromatic rings. The van der Waals surface area contributed by atoms with E-state index in [-0.39, 0.29) is 6.79 Å². The maximum Gasteiger partial charge on any atom is 0.231 e. The predicted molar refractivity (Wildman–Crippen MR) is 93.0 cm³/mol. The van der Waals surface area contributed by atoms with Crippen LogP contribution < -0.4 is 14.9 Å². The molecule has 2 aliphatic heterocycles. The summed E-state index contributed by atoms with van der Waals surface area (Å²) in [6.45, 7) is 2.34. The fourth-order valence-electron chi connectivity index (χ4n) is 2.41. The van der Waals surface area contributed by atoms with Crippen molar-refractivity contribution in [3.8, 4) is 11.5 Å². The number of hydrazone groups is 1. The zero-order chi connectivity index (χ0) is 15.6. The van der Waals surface area contributed by atoms with Crippen LogP contribution in [0.15, 0.2) is 52.6 Å². The van der Waals surface area contributed by atoms with E-state index >= 15 is 0 Å². The Bertz CT molecular complexity index is 817. The van der Waals surface area contributed by atoms with Gasteiger partial charge < -0.3 is 9.47 Å². The second-order valence-corrected chi connectivity index (χ2v) is 6.25.